The van der Waals surface area contributed by atoms with Crippen molar-refractivity contribution in [1.29, 1.82) is 0 Å². The van der Waals surface area contributed by atoms with Crippen molar-refractivity contribution >= 4 is 51.9 Å². The highest BCUT2D eigenvalue weighted by molar-refractivity contribution is 7.91. The first-order valence-corrected chi connectivity index (χ1v) is 9.93. The van der Waals surface area contributed by atoms with Crippen molar-refractivity contribution in [1.82, 2.24) is 5.32 Å². The summed E-state index contributed by atoms with van der Waals surface area (Å²) in [4.78, 5) is 14.4. The van der Waals surface area contributed by atoms with E-state index in [1.165, 1.54) is 0 Å². The summed E-state index contributed by atoms with van der Waals surface area (Å²) in [5.74, 6) is 0.456. The zero-order valence-electron chi connectivity index (χ0n) is 13.9. The van der Waals surface area contributed by atoms with Crippen LogP contribution in [0.25, 0.3) is 0 Å². The average Bonchev–Trinajstić information content (AvgIpc) is 2.56. The van der Waals surface area contributed by atoms with Crippen LogP contribution < -0.4 is 15.5 Å². The van der Waals surface area contributed by atoms with Gasteiger partial charge in [-0.2, -0.15) is 0 Å². The van der Waals surface area contributed by atoms with Gasteiger partial charge in [-0.25, -0.2) is 8.42 Å². The maximum absolute atomic E-state index is 12.3. The lowest BCUT2D eigenvalue weighted by Gasteiger charge is -2.29. The van der Waals surface area contributed by atoms with Gasteiger partial charge in [-0.05, 0) is 37.6 Å². The molecule has 25 heavy (non-hydrogen) atoms. The number of halogens is 2. The molecule has 1 atom stereocenters. The summed E-state index contributed by atoms with van der Waals surface area (Å²) in [7, 11) is -2.89. The number of rotatable bonds is 3. The Morgan fingerprint density at radius 3 is 2.56 bits per heavy atom. The van der Waals surface area contributed by atoms with Crippen molar-refractivity contribution in [3.05, 3.63) is 24.3 Å². The van der Waals surface area contributed by atoms with E-state index >= 15 is 0 Å². The molecule has 2 saturated heterocycles. The average molecular weight is 410 g/mol. The number of carbonyl (C=O) groups excluding carboxylic acids is 1. The van der Waals surface area contributed by atoms with Gasteiger partial charge in [-0.15, -0.1) is 24.8 Å². The van der Waals surface area contributed by atoms with E-state index in [1.807, 2.05) is 24.3 Å². The topological polar surface area (TPSA) is 78.5 Å². The van der Waals surface area contributed by atoms with Gasteiger partial charge in [0.2, 0.25) is 5.91 Å². The molecule has 6 nitrogen and oxygen atoms in total. The molecule has 2 aliphatic rings. The van der Waals surface area contributed by atoms with Gasteiger partial charge in [0, 0.05) is 31.0 Å². The maximum Gasteiger partial charge on any atom is 0.228 e. The molecule has 2 aliphatic heterocycles. The van der Waals surface area contributed by atoms with Crippen LogP contribution in [-0.4, -0.2) is 52.0 Å². The fourth-order valence-corrected chi connectivity index (χ4v) is 4.27. The second-order valence-electron chi connectivity index (χ2n) is 6.22. The lowest BCUT2D eigenvalue weighted by atomic mass is 9.99. The Morgan fingerprint density at radius 1 is 1.20 bits per heavy atom. The highest BCUT2D eigenvalue weighted by Gasteiger charge is 2.23. The van der Waals surface area contributed by atoms with Crippen molar-refractivity contribution in [2.24, 2.45) is 5.92 Å². The molecule has 1 amide bonds. The van der Waals surface area contributed by atoms with Crippen molar-refractivity contribution < 1.29 is 13.2 Å². The Bertz CT molecular complexity index is 665. The zero-order chi connectivity index (χ0) is 16.3. The van der Waals surface area contributed by atoms with Crippen LogP contribution in [0.5, 0.6) is 0 Å². The van der Waals surface area contributed by atoms with Gasteiger partial charge in [-0.1, -0.05) is 6.07 Å². The van der Waals surface area contributed by atoms with Gasteiger partial charge in [0.05, 0.1) is 17.4 Å². The number of anilines is 2. The molecule has 2 fully saturated rings. The molecule has 3 rings (SSSR count). The summed E-state index contributed by atoms with van der Waals surface area (Å²) >= 11 is 0. The molecule has 9 heteroatoms. The number of amides is 1. The lowest BCUT2D eigenvalue weighted by Crippen LogP contribution is -2.40. The van der Waals surface area contributed by atoms with Crippen LogP contribution in [0.1, 0.15) is 12.8 Å². The van der Waals surface area contributed by atoms with Crippen molar-refractivity contribution in [3.63, 3.8) is 0 Å². The molecule has 142 valence electrons. The fraction of sp³-hybridized carbons (Fsp3) is 0.562. The Labute approximate surface area is 161 Å². The van der Waals surface area contributed by atoms with E-state index in [0.717, 1.165) is 37.3 Å². The third-order valence-electron chi connectivity index (χ3n) is 4.49. The van der Waals surface area contributed by atoms with E-state index in [4.69, 9.17) is 0 Å². The molecule has 0 saturated carbocycles. The predicted octanol–water partition coefficient (Wildman–Crippen LogP) is 1.70. The Morgan fingerprint density at radius 2 is 1.92 bits per heavy atom. The third-order valence-corrected chi connectivity index (χ3v) is 6.10. The molecule has 1 unspecified atom stereocenters. The van der Waals surface area contributed by atoms with Crippen molar-refractivity contribution in [3.8, 4) is 0 Å². The predicted molar refractivity (Wildman–Crippen MR) is 106 cm³/mol. The van der Waals surface area contributed by atoms with Crippen LogP contribution in [-0.2, 0) is 14.6 Å². The standard InChI is InChI=1S/C16H23N3O3S.2ClH/c20-16(13-3-2-6-17-12-13)18-14-4-1-5-15(11-14)19-7-9-23(21,22)10-8-19;;/h1,4-5,11,13,17H,2-3,6-10,12H2,(H,18,20);2*1H. The number of hydrogen-bond donors (Lipinski definition) is 2. The van der Waals surface area contributed by atoms with Gasteiger partial charge in [0.25, 0.3) is 0 Å². The van der Waals surface area contributed by atoms with Gasteiger partial charge < -0.3 is 15.5 Å². The number of nitrogens with zero attached hydrogens (tertiary/aromatic N) is 1. The summed E-state index contributed by atoms with van der Waals surface area (Å²) in [5.41, 5.74) is 1.73. The molecular formula is C16H25Cl2N3O3S. The smallest absolute Gasteiger partial charge is 0.228 e. The zero-order valence-corrected chi connectivity index (χ0v) is 16.4. The van der Waals surface area contributed by atoms with Gasteiger partial charge >= 0.3 is 0 Å². The first-order chi connectivity index (χ1) is 11.0. The van der Waals surface area contributed by atoms with Crippen molar-refractivity contribution in [2.75, 3.05) is 47.9 Å². The lowest BCUT2D eigenvalue weighted by molar-refractivity contribution is -0.120. The molecule has 0 bridgehead atoms. The molecule has 1 aromatic carbocycles. The second-order valence-corrected chi connectivity index (χ2v) is 8.53. The van der Waals surface area contributed by atoms with Crippen LogP contribution in [0, 0.1) is 5.92 Å². The first-order valence-electron chi connectivity index (χ1n) is 8.10. The van der Waals surface area contributed by atoms with Gasteiger partial charge in [0.1, 0.15) is 0 Å². The molecule has 0 aliphatic carbocycles. The number of benzene rings is 1. The van der Waals surface area contributed by atoms with E-state index in [2.05, 4.69) is 15.5 Å². The van der Waals surface area contributed by atoms with E-state index < -0.39 is 9.84 Å². The summed E-state index contributed by atoms with van der Waals surface area (Å²) in [6.45, 7) is 2.73. The second kappa shape index (κ2) is 9.62. The summed E-state index contributed by atoms with van der Waals surface area (Å²) < 4.78 is 23.1. The number of carbonyl (C=O) groups is 1. The Kier molecular flexibility index (Phi) is 8.47. The number of hydrogen-bond acceptors (Lipinski definition) is 5. The fourth-order valence-electron chi connectivity index (χ4n) is 3.07. The molecule has 0 radical (unpaired) electrons. The van der Waals surface area contributed by atoms with Gasteiger partial charge in [0.15, 0.2) is 9.84 Å². The summed E-state index contributed by atoms with van der Waals surface area (Å²) in [6.07, 6.45) is 1.95. The third kappa shape index (κ3) is 6.02. The SMILES string of the molecule is Cl.Cl.O=C(Nc1cccc(N2CCS(=O)(=O)CC2)c1)C1CCCNC1. The van der Waals surface area contributed by atoms with Crippen LogP contribution >= 0.6 is 24.8 Å². The molecule has 1 aromatic rings. The largest absolute Gasteiger partial charge is 0.369 e. The minimum atomic E-state index is -2.89. The van der Waals surface area contributed by atoms with Crippen molar-refractivity contribution in [2.45, 2.75) is 12.8 Å². The Hall–Kier alpha value is -1.02. The van der Waals surface area contributed by atoms with Crippen LogP contribution in [0.15, 0.2) is 24.3 Å². The quantitative estimate of drug-likeness (QED) is 0.793. The Balaban J connectivity index is 0.00000156. The van der Waals surface area contributed by atoms with E-state index in [9.17, 15) is 13.2 Å². The highest BCUT2D eigenvalue weighted by Crippen LogP contribution is 2.22. The normalized spacial score (nSPS) is 22.2. The number of piperidine rings is 1. The number of nitrogens with one attached hydrogen (secondary N) is 2. The number of sulfone groups is 1. The van der Waals surface area contributed by atoms with E-state index in [-0.39, 0.29) is 48.1 Å². The molecular weight excluding hydrogens is 385 g/mol. The molecule has 0 aromatic heterocycles. The monoisotopic (exact) mass is 409 g/mol. The maximum atomic E-state index is 12.3. The minimum absolute atomic E-state index is 0. The highest BCUT2D eigenvalue weighted by atomic mass is 35.5. The minimum Gasteiger partial charge on any atom is -0.369 e. The van der Waals surface area contributed by atoms with Crippen LogP contribution in [0.4, 0.5) is 11.4 Å². The van der Waals surface area contributed by atoms with Gasteiger partial charge in [-0.3, -0.25) is 4.79 Å². The summed E-state index contributed by atoms with van der Waals surface area (Å²) in [6, 6.07) is 7.65. The van der Waals surface area contributed by atoms with E-state index in [0.29, 0.717) is 13.1 Å². The van der Waals surface area contributed by atoms with Crippen LogP contribution in [0.2, 0.25) is 0 Å². The van der Waals surface area contributed by atoms with E-state index in [1.54, 1.807) is 0 Å². The molecule has 2 N–H and O–H groups in total. The van der Waals surface area contributed by atoms with Crippen LogP contribution in [0.3, 0.4) is 0 Å². The first kappa shape index (κ1) is 22.0. The molecule has 0 spiro atoms. The molecule has 2 heterocycles. The summed E-state index contributed by atoms with van der Waals surface area (Å²) in [5, 5.41) is 6.23.